The number of aromatic nitrogens is 2. The van der Waals surface area contributed by atoms with Crippen LogP contribution < -0.4 is 4.90 Å². The Balaban J connectivity index is 2.18. The summed E-state index contributed by atoms with van der Waals surface area (Å²) in [5.74, 6) is -0.191. The van der Waals surface area contributed by atoms with E-state index >= 15 is 4.39 Å². The van der Waals surface area contributed by atoms with Gasteiger partial charge in [-0.25, -0.2) is 9.37 Å². The number of hydrogen-bond donors (Lipinski definition) is 0. The Morgan fingerprint density at radius 1 is 1.04 bits per heavy atom. The summed E-state index contributed by atoms with van der Waals surface area (Å²) in [5, 5.41) is 0.979. The Hall–Kier alpha value is -1.36. The largest absolute Gasteiger partial charge is 0.369 e. The fourth-order valence-electron chi connectivity index (χ4n) is 6.20. The van der Waals surface area contributed by atoms with E-state index in [9.17, 15) is 0 Å². The summed E-state index contributed by atoms with van der Waals surface area (Å²) in [7, 11) is 0.155. The molecule has 0 aliphatic heterocycles. The molecule has 28 heavy (non-hydrogen) atoms. The lowest BCUT2D eigenvalue weighted by molar-refractivity contribution is 0.425. The van der Waals surface area contributed by atoms with Crippen LogP contribution in [0.3, 0.4) is 0 Å². The first kappa shape index (κ1) is 21.3. The number of nitrogens with zero attached hydrogens (tertiary/aromatic N) is 3. The molecule has 0 N–H and O–H groups in total. The van der Waals surface area contributed by atoms with Gasteiger partial charge in [0.1, 0.15) is 5.65 Å². The van der Waals surface area contributed by atoms with Gasteiger partial charge in [-0.05, 0) is 41.7 Å². The molecule has 1 saturated carbocycles. The normalized spacial score (nSPS) is 16.7. The van der Waals surface area contributed by atoms with Crippen molar-refractivity contribution in [3.05, 3.63) is 24.3 Å². The number of pyridine rings is 1. The molecule has 2 aromatic rings. The van der Waals surface area contributed by atoms with Crippen LogP contribution in [-0.4, -0.2) is 30.5 Å². The molecule has 0 atom stereocenters. The Labute approximate surface area is 171 Å². The Bertz CT molecular complexity index is 784. The topological polar surface area (TPSA) is 21.1 Å². The molecule has 5 heteroatoms. The lowest BCUT2D eigenvalue weighted by Crippen LogP contribution is -2.51. The molecule has 0 radical (unpaired) electrons. The van der Waals surface area contributed by atoms with Gasteiger partial charge in [-0.15, -0.1) is 0 Å². The number of rotatable bonds is 6. The SMILES string of the molecule is CC(C)[Si](C(C)C)(C(C)C)n1ccc2c(N(C)C3CCCCC3)c(F)cnc21. The van der Waals surface area contributed by atoms with Gasteiger partial charge >= 0.3 is 0 Å². The maximum absolute atomic E-state index is 15.0. The van der Waals surface area contributed by atoms with Crippen LogP contribution in [0.1, 0.15) is 73.6 Å². The van der Waals surface area contributed by atoms with Crippen LogP contribution in [0.5, 0.6) is 0 Å². The highest BCUT2D eigenvalue weighted by Gasteiger charge is 2.46. The molecule has 0 bridgehead atoms. The lowest BCUT2D eigenvalue weighted by atomic mass is 9.94. The van der Waals surface area contributed by atoms with Gasteiger partial charge in [-0.3, -0.25) is 0 Å². The molecule has 0 amide bonds. The molecule has 1 fully saturated rings. The van der Waals surface area contributed by atoms with Crippen LogP contribution in [0.25, 0.3) is 11.0 Å². The van der Waals surface area contributed by atoms with Gasteiger partial charge in [-0.1, -0.05) is 60.8 Å². The highest BCUT2D eigenvalue weighted by molar-refractivity contribution is 6.82. The fourth-order valence-corrected chi connectivity index (χ4v) is 12.8. The average molecular weight is 404 g/mol. The Kier molecular flexibility index (Phi) is 6.23. The van der Waals surface area contributed by atoms with Crippen LogP contribution >= 0.6 is 0 Å². The summed E-state index contributed by atoms with van der Waals surface area (Å²) in [6, 6.07) is 2.55. The summed E-state index contributed by atoms with van der Waals surface area (Å²) in [4.78, 5) is 6.84. The maximum atomic E-state index is 15.0. The van der Waals surface area contributed by atoms with Gasteiger partial charge in [0, 0.05) is 18.5 Å². The molecule has 3 nitrogen and oxygen atoms in total. The van der Waals surface area contributed by atoms with Crippen LogP contribution in [0.4, 0.5) is 10.1 Å². The monoisotopic (exact) mass is 403 g/mol. The van der Waals surface area contributed by atoms with Crippen molar-refractivity contribution < 1.29 is 4.39 Å². The number of hydrogen-bond acceptors (Lipinski definition) is 2. The smallest absolute Gasteiger partial charge is 0.171 e. The zero-order valence-corrected chi connectivity index (χ0v) is 19.8. The molecule has 0 unspecified atom stereocenters. The zero-order valence-electron chi connectivity index (χ0n) is 18.8. The van der Waals surface area contributed by atoms with E-state index in [1.54, 1.807) is 0 Å². The van der Waals surface area contributed by atoms with E-state index in [1.807, 2.05) is 0 Å². The van der Waals surface area contributed by atoms with E-state index in [4.69, 9.17) is 0 Å². The van der Waals surface area contributed by atoms with Gasteiger partial charge in [0.15, 0.2) is 14.1 Å². The maximum Gasteiger partial charge on any atom is 0.171 e. The Morgan fingerprint density at radius 3 is 2.14 bits per heavy atom. The van der Waals surface area contributed by atoms with E-state index in [2.05, 4.69) is 75.0 Å². The molecule has 1 aliphatic rings. The molecule has 0 aromatic carbocycles. The van der Waals surface area contributed by atoms with Crippen molar-refractivity contribution in [1.82, 2.24) is 9.22 Å². The summed E-state index contributed by atoms with van der Waals surface area (Å²) >= 11 is 0. The minimum absolute atomic E-state index is 0.191. The van der Waals surface area contributed by atoms with E-state index in [-0.39, 0.29) is 5.82 Å². The van der Waals surface area contributed by atoms with Crippen molar-refractivity contribution in [2.75, 3.05) is 11.9 Å². The van der Waals surface area contributed by atoms with E-state index in [0.717, 1.165) is 29.6 Å². The van der Waals surface area contributed by atoms with Crippen molar-refractivity contribution in [3.63, 3.8) is 0 Å². The predicted molar refractivity (Wildman–Crippen MR) is 121 cm³/mol. The molecule has 2 aromatic heterocycles. The fraction of sp³-hybridized carbons (Fsp3) is 0.696. The standard InChI is InChI=1S/C23H38FN3Si/c1-16(2)28(17(3)4,18(5)6)27-14-13-20-22(21(24)15-25-23(20)27)26(7)19-11-9-8-10-12-19/h13-19H,8-12H2,1-7H3. The van der Waals surface area contributed by atoms with Crippen molar-refractivity contribution >= 4 is 25.0 Å². The zero-order chi connectivity index (χ0) is 20.6. The average Bonchev–Trinajstić information content (AvgIpc) is 3.05. The Morgan fingerprint density at radius 2 is 1.61 bits per heavy atom. The van der Waals surface area contributed by atoms with Crippen LogP contribution in [0.15, 0.2) is 18.5 Å². The quantitative estimate of drug-likeness (QED) is 0.486. The van der Waals surface area contributed by atoms with Crippen LogP contribution in [0.2, 0.25) is 16.6 Å². The van der Waals surface area contributed by atoms with Gasteiger partial charge in [-0.2, -0.15) is 0 Å². The van der Waals surface area contributed by atoms with Crippen molar-refractivity contribution in [1.29, 1.82) is 0 Å². The van der Waals surface area contributed by atoms with Gasteiger partial charge in [0.2, 0.25) is 0 Å². The van der Waals surface area contributed by atoms with Crippen molar-refractivity contribution in [2.45, 2.75) is 96.3 Å². The lowest BCUT2D eigenvalue weighted by Gasteiger charge is -2.44. The van der Waals surface area contributed by atoms with Gasteiger partial charge in [0.25, 0.3) is 0 Å². The number of halogens is 1. The summed E-state index contributed by atoms with van der Waals surface area (Å²) in [6.07, 6.45) is 9.77. The third-order valence-electron chi connectivity index (χ3n) is 7.31. The summed E-state index contributed by atoms with van der Waals surface area (Å²) in [5.41, 5.74) is 3.45. The first-order valence-corrected chi connectivity index (χ1v) is 13.3. The molecular weight excluding hydrogens is 365 g/mol. The highest BCUT2D eigenvalue weighted by atomic mass is 28.3. The van der Waals surface area contributed by atoms with E-state index < -0.39 is 8.24 Å². The molecule has 0 spiro atoms. The second-order valence-corrected chi connectivity index (χ2v) is 15.4. The van der Waals surface area contributed by atoms with Gasteiger partial charge < -0.3 is 9.13 Å². The molecule has 3 rings (SSSR count). The third-order valence-corrected chi connectivity index (χ3v) is 14.1. The third kappa shape index (κ3) is 3.29. The second kappa shape index (κ2) is 8.17. The highest BCUT2D eigenvalue weighted by Crippen LogP contribution is 2.45. The molecular formula is C23H38FN3Si. The van der Waals surface area contributed by atoms with E-state index in [0.29, 0.717) is 22.7 Å². The molecule has 1 aliphatic carbocycles. The first-order chi connectivity index (χ1) is 13.2. The number of anilines is 1. The summed E-state index contributed by atoms with van der Waals surface area (Å²) < 4.78 is 17.5. The molecule has 156 valence electrons. The minimum Gasteiger partial charge on any atom is -0.369 e. The van der Waals surface area contributed by atoms with Gasteiger partial charge in [0.05, 0.1) is 11.9 Å². The first-order valence-electron chi connectivity index (χ1n) is 11.1. The second-order valence-electron chi connectivity index (χ2n) is 9.63. The van der Waals surface area contributed by atoms with E-state index in [1.165, 1.54) is 25.5 Å². The molecule has 0 saturated heterocycles. The minimum atomic E-state index is -1.92. The summed E-state index contributed by atoms with van der Waals surface area (Å²) in [6.45, 7) is 14.1. The van der Waals surface area contributed by atoms with Crippen molar-refractivity contribution in [3.8, 4) is 0 Å². The van der Waals surface area contributed by atoms with Crippen LogP contribution in [-0.2, 0) is 0 Å². The number of fused-ring (bicyclic) bond motifs is 1. The van der Waals surface area contributed by atoms with Crippen LogP contribution in [0, 0.1) is 5.82 Å². The molecule has 2 heterocycles. The van der Waals surface area contributed by atoms with Crippen molar-refractivity contribution in [2.24, 2.45) is 0 Å². The predicted octanol–water partition coefficient (Wildman–Crippen LogP) is 6.97.